The van der Waals surface area contributed by atoms with Gasteiger partial charge in [-0.3, -0.25) is 0 Å². The Morgan fingerprint density at radius 2 is 1.14 bits per heavy atom. The van der Waals surface area contributed by atoms with Gasteiger partial charge < -0.3 is 10.2 Å². The lowest BCUT2D eigenvalue weighted by molar-refractivity contribution is 0.474. The summed E-state index contributed by atoms with van der Waals surface area (Å²) in [6.45, 7) is 2.28. The van der Waals surface area contributed by atoms with Gasteiger partial charge in [-0.25, -0.2) is 0 Å². The highest BCUT2D eigenvalue weighted by Gasteiger charge is 2.37. The van der Waals surface area contributed by atoms with E-state index in [-0.39, 0.29) is 0 Å². The van der Waals surface area contributed by atoms with Crippen molar-refractivity contribution >= 4 is 25.6 Å². The van der Waals surface area contributed by atoms with Gasteiger partial charge in [-0.05, 0) is 22.0 Å². The van der Waals surface area contributed by atoms with E-state index in [0.717, 1.165) is 12.5 Å². The summed E-state index contributed by atoms with van der Waals surface area (Å²) in [5.41, 5.74) is 0. The third kappa shape index (κ3) is 3.26. The number of aliphatic hydroxyl groups excluding tert-OH is 2. The minimum absolute atomic E-state index is 0.781. The van der Waals surface area contributed by atoms with Gasteiger partial charge in [-0.2, -0.15) is 0 Å². The molecule has 2 aromatic rings. The van der Waals surface area contributed by atoms with E-state index in [2.05, 4.69) is 30.8 Å². The minimum Gasteiger partial charge on any atom is -0.516 e. The molecule has 0 aliphatic heterocycles. The first-order valence-corrected chi connectivity index (χ1v) is 11.6. The smallest absolute Gasteiger partial charge is 0.148 e. The molecule has 2 N–H and O–H groups in total. The van der Waals surface area contributed by atoms with Crippen molar-refractivity contribution in [1.82, 2.24) is 0 Å². The SMILES string of the molecule is C[Si](c1ccccc1)(c1ccccc1)P(/C=C/O)/C=C/O. The van der Waals surface area contributed by atoms with Crippen molar-refractivity contribution in [3.63, 3.8) is 0 Å². The van der Waals surface area contributed by atoms with Crippen LogP contribution in [0.25, 0.3) is 0 Å². The average Bonchev–Trinajstić information content (AvgIpc) is 2.55. The first-order valence-electron chi connectivity index (χ1n) is 6.74. The van der Waals surface area contributed by atoms with Crippen LogP contribution in [0, 0.1) is 0 Å². The summed E-state index contributed by atoms with van der Waals surface area (Å²) in [5.74, 6) is 3.63. The second kappa shape index (κ2) is 7.25. The predicted molar refractivity (Wildman–Crippen MR) is 94.2 cm³/mol. The van der Waals surface area contributed by atoms with Gasteiger partial charge in [0.2, 0.25) is 0 Å². The van der Waals surface area contributed by atoms with Gasteiger partial charge in [0.05, 0.1) is 12.5 Å². The third-order valence-electron chi connectivity index (χ3n) is 3.64. The normalized spacial score (nSPS) is 12.5. The number of hydrogen-bond donors (Lipinski definition) is 2. The molecule has 2 aromatic carbocycles. The fourth-order valence-corrected chi connectivity index (χ4v) is 10.9. The summed E-state index contributed by atoms with van der Waals surface area (Å²) in [5, 5.41) is 21.1. The Kier molecular flexibility index (Phi) is 5.37. The van der Waals surface area contributed by atoms with Crippen LogP contribution in [0.5, 0.6) is 0 Å². The van der Waals surface area contributed by atoms with Gasteiger partial charge in [0.1, 0.15) is 7.74 Å². The Balaban J connectivity index is 2.64. The fourth-order valence-electron chi connectivity index (χ4n) is 2.48. The van der Waals surface area contributed by atoms with E-state index in [1.165, 1.54) is 10.4 Å². The standard InChI is InChI=1S/C17H19O2PSi/c1-21(16-8-4-2-5-9-16,17-10-6-3-7-11-17)20(14-12-18)15-13-19/h2-15,18-19H,1H3/b14-12+,15-13+. The van der Waals surface area contributed by atoms with Crippen molar-refractivity contribution in [3.8, 4) is 0 Å². The molecule has 0 spiro atoms. The highest BCUT2D eigenvalue weighted by molar-refractivity contribution is 8.03. The lowest BCUT2D eigenvalue weighted by atomic mass is 10.4. The van der Waals surface area contributed by atoms with Crippen molar-refractivity contribution in [3.05, 3.63) is 84.8 Å². The molecule has 0 atom stereocenters. The molecule has 21 heavy (non-hydrogen) atoms. The van der Waals surface area contributed by atoms with Crippen LogP contribution >= 0.6 is 7.47 Å². The van der Waals surface area contributed by atoms with Crippen LogP contribution in [-0.2, 0) is 0 Å². The molecule has 0 bridgehead atoms. The summed E-state index contributed by atoms with van der Waals surface area (Å²) in [7, 11) is -2.88. The second-order valence-electron chi connectivity index (χ2n) is 4.81. The van der Waals surface area contributed by atoms with Gasteiger partial charge in [0.15, 0.2) is 0 Å². The molecule has 2 nitrogen and oxygen atoms in total. The number of aliphatic hydroxyl groups is 2. The van der Waals surface area contributed by atoms with Crippen molar-refractivity contribution in [2.75, 3.05) is 0 Å². The summed E-state index contributed by atoms with van der Waals surface area (Å²) >= 11 is 0. The maximum atomic E-state index is 9.26. The van der Waals surface area contributed by atoms with Crippen LogP contribution in [0.3, 0.4) is 0 Å². The Morgan fingerprint density at radius 1 is 0.762 bits per heavy atom. The summed E-state index contributed by atoms with van der Waals surface area (Å²) in [6.07, 6.45) is 2.20. The van der Waals surface area contributed by atoms with Crippen LogP contribution in [0.4, 0.5) is 0 Å². The van der Waals surface area contributed by atoms with Crippen molar-refractivity contribution in [2.24, 2.45) is 0 Å². The molecule has 2 rings (SSSR count). The van der Waals surface area contributed by atoms with Gasteiger partial charge in [0, 0.05) is 0 Å². The predicted octanol–water partition coefficient (Wildman–Crippen LogP) is 3.92. The average molecular weight is 314 g/mol. The Bertz CT molecular complexity index is 560. The number of hydrogen-bond acceptors (Lipinski definition) is 2. The van der Waals surface area contributed by atoms with E-state index in [1.54, 1.807) is 0 Å². The van der Waals surface area contributed by atoms with E-state index in [1.807, 2.05) is 48.0 Å². The zero-order valence-corrected chi connectivity index (χ0v) is 13.8. The molecule has 0 heterocycles. The maximum Gasteiger partial charge on any atom is 0.148 e. The van der Waals surface area contributed by atoms with Crippen LogP contribution in [0.15, 0.2) is 84.8 Å². The fraction of sp³-hybridized carbons (Fsp3) is 0.0588. The van der Waals surface area contributed by atoms with E-state index < -0.39 is 15.2 Å². The zero-order valence-electron chi connectivity index (χ0n) is 11.9. The minimum atomic E-state index is -2.10. The van der Waals surface area contributed by atoms with E-state index in [4.69, 9.17) is 0 Å². The van der Waals surface area contributed by atoms with E-state index in [0.29, 0.717) is 0 Å². The second-order valence-corrected chi connectivity index (χ2v) is 13.8. The van der Waals surface area contributed by atoms with Crippen molar-refractivity contribution in [2.45, 2.75) is 6.55 Å². The topological polar surface area (TPSA) is 40.5 Å². The molecular weight excluding hydrogens is 295 g/mol. The highest BCUT2D eigenvalue weighted by atomic mass is 31.4. The van der Waals surface area contributed by atoms with Crippen molar-refractivity contribution in [1.29, 1.82) is 0 Å². The van der Waals surface area contributed by atoms with Gasteiger partial charge in [-0.15, -0.1) is 0 Å². The van der Waals surface area contributed by atoms with Crippen molar-refractivity contribution < 1.29 is 10.2 Å². The number of benzene rings is 2. The molecule has 0 unspecified atom stereocenters. The zero-order chi connectivity index (χ0) is 15.1. The molecule has 108 valence electrons. The first kappa shape index (κ1) is 15.6. The first-order chi connectivity index (χ1) is 10.2. The maximum absolute atomic E-state index is 9.26. The molecule has 0 aromatic heterocycles. The van der Waals surface area contributed by atoms with Crippen LogP contribution in [0.1, 0.15) is 0 Å². The largest absolute Gasteiger partial charge is 0.516 e. The molecule has 0 aliphatic carbocycles. The molecular formula is C17H19O2PSi. The Labute approximate surface area is 127 Å². The molecule has 0 saturated heterocycles. The summed E-state index contributed by atoms with van der Waals surface area (Å²) < 4.78 is 0. The summed E-state index contributed by atoms with van der Waals surface area (Å²) in [6, 6.07) is 20.8. The third-order valence-corrected chi connectivity index (χ3v) is 14.0. The van der Waals surface area contributed by atoms with Crippen LogP contribution in [0.2, 0.25) is 6.55 Å². The Morgan fingerprint density at radius 3 is 1.48 bits per heavy atom. The monoisotopic (exact) mass is 314 g/mol. The van der Waals surface area contributed by atoms with Gasteiger partial charge in [0.25, 0.3) is 0 Å². The van der Waals surface area contributed by atoms with E-state index >= 15 is 0 Å². The number of rotatable bonds is 5. The van der Waals surface area contributed by atoms with Crippen LogP contribution < -0.4 is 10.4 Å². The molecule has 0 aliphatic rings. The quantitative estimate of drug-likeness (QED) is 0.499. The van der Waals surface area contributed by atoms with E-state index in [9.17, 15) is 10.2 Å². The highest BCUT2D eigenvalue weighted by Crippen LogP contribution is 2.48. The van der Waals surface area contributed by atoms with Gasteiger partial charge in [-0.1, -0.05) is 74.7 Å². The van der Waals surface area contributed by atoms with Gasteiger partial charge >= 0.3 is 0 Å². The molecule has 0 amide bonds. The van der Waals surface area contributed by atoms with Crippen LogP contribution in [-0.4, -0.2) is 18.0 Å². The molecule has 4 heteroatoms. The summed E-state index contributed by atoms with van der Waals surface area (Å²) in [4.78, 5) is 0. The lowest BCUT2D eigenvalue weighted by Crippen LogP contribution is -2.53. The lowest BCUT2D eigenvalue weighted by Gasteiger charge is -2.33. The molecule has 0 saturated carbocycles. The molecule has 0 fully saturated rings. The molecule has 0 radical (unpaired) electrons. The Hall–Kier alpha value is -1.83.